The van der Waals surface area contributed by atoms with Crippen LogP contribution in [0.2, 0.25) is 0 Å². The monoisotopic (exact) mass is 706 g/mol. The van der Waals surface area contributed by atoms with Gasteiger partial charge in [-0.05, 0) is 133 Å². The van der Waals surface area contributed by atoms with Crippen molar-refractivity contribution in [1.82, 2.24) is 41.2 Å². The number of nitrogens with one attached hydrogen (secondary N) is 4. The number of H-pyrrole nitrogens is 2. The third-order valence-corrected chi connectivity index (χ3v) is 8.21. The van der Waals surface area contributed by atoms with Gasteiger partial charge in [0.15, 0.2) is 0 Å². The van der Waals surface area contributed by atoms with Gasteiger partial charge in [0.1, 0.15) is 34.5 Å². The molecule has 0 radical (unpaired) electrons. The molecule has 6 aromatic rings. The van der Waals surface area contributed by atoms with E-state index >= 15 is 0 Å². The van der Waals surface area contributed by atoms with Crippen molar-refractivity contribution >= 4 is 23.3 Å². The number of ether oxygens (including phenoxy) is 4. The van der Waals surface area contributed by atoms with E-state index in [1.807, 2.05) is 88.4 Å². The van der Waals surface area contributed by atoms with Crippen molar-refractivity contribution in [1.29, 1.82) is 0 Å². The van der Waals surface area contributed by atoms with E-state index in [9.17, 15) is 0 Å². The third-order valence-electron chi connectivity index (χ3n) is 8.21. The van der Waals surface area contributed by atoms with Gasteiger partial charge in [-0.25, -0.2) is 0 Å². The van der Waals surface area contributed by atoms with Crippen LogP contribution in [-0.2, 0) is 0 Å². The largest absolute Gasteiger partial charge is 0.496 e. The molecule has 272 valence electrons. The minimum Gasteiger partial charge on any atom is -0.496 e. The van der Waals surface area contributed by atoms with Gasteiger partial charge < -0.3 is 29.6 Å². The van der Waals surface area contributed by atoms with Crippen LogP contribution in [0.1, 0.15) is 72.9 Å². The van der Waals surface area contributed by atoms with Crippen LogP contribution in [-0.4, -0.2) is 55.5 Å². The minimum atomic E-state index is 0.345. The number of hydrogen-bond donors (Lipinski definition) is 4. The fourth-order valence-corrected chi connectivity index (χ4v) is 5.74. The Morgan fingerprint density at radius 1 is 0.538 bits per heavy atom. The number of aromatic nitrogens is 8. The van der Waals surface area contributed by atoms with Crippen LogP contribution in [0, 0.1) is 27.7 Å². The van der Waals surface area contributed by atoms with E-state index in [2.05, 4.69) is 79.6 Å². The fourth-order valence-electron chi connectivity index (χ4n) is 5.74. The van der Waals surface area contributed by atoms with E-state index in [0.29, 0.717) is 23.7 Å². The van der Waals surface area contributed by atoms with Gasteiger partial charge in [-0.15, -0.1) is 10.2 Å². The summed E-state index contributed by atoms with van der Waals surface area (Å²) in [6.07, 6.45) is 0. The standard InChI is InChI=1S/2C19H23N5O2/c2*1-11(2)16-10-15(6-7-17(16)25-5)26-18-12(3)8-14(9-13(18)4)20-19-21-23-24-22-19/h2*6-11H,1-5H3,(H2,20,21,22,23,24). The Bertz CT molecular complexity index is 1890. The lowest BCUT2D eigenvalue weighted by Crippen LogP contribution is -1.98. The predicted molar refractivity (Wildman–Crippen MR) is 201 cm³/mol. The Labute approximate surface area is 303 Å². The summed E-state index contributed by atoms with van der Waals surface area (Å²) in [4.78, 5) is 0. The second kappa shape index (κ2) is 16.7. The van der Waals surface area contributed by atoms with Gasteiger partial charge in [0.25, 0.3) is 11.9 Å². The van der Waals surface area contributed by atoms with Crippen LogP contribution >= 0.6 is 0 Å². The first-order valence-electron chi connectivity index (χ1n) is 16.9. The third kappa shape index (κ3) is 9.13. The molecule has 14 nitrogen and oxygen atoms in total. The lowest BCUT2D eigenvalue weighted by Gasteiger charge is -2.17. The second-order valence-electron chi connectivity index (χ2n) is 12.9. The lowest BCUT2D eigenvalue weighted by molar-refractivity contribution is 0.405. The Balaban J connectivity index is 0.000000201. The van der Waals surface area contributed by atoms with E-state index in [0.717, 1.165) is 79.3 Å². The summed E-state index contributed by atoms with van der Waals surface area (Å²) in [6, 6.07) is 19.8. The summed E-state index contributed by atoms with van der Waals surface area (Å²) in [5, 5.41) is 33.7. The number of hydrogen-bond acceptors (Lipinski definition) is 12. The number of rotatable bonds is 12. The fraction of sp³-hybridized carbons (Fsp3) is 0.316. The highest BCUT2D eigenvalue weighted by atomic mass is 16.5. The Morgan fingerprint density at radius 2 is 0.904 bits per heavy atom. The van der Waals surface area contributed by atoms with Crippen LogP contribution in [0.5, 0.6) is 34.5 Å². The molecular weight excluding hydrogens is 660 g/mol. The highest BCUT2D eigenvalue weighted by Gasteiger charge is 2.15. The van der Waals surface area contributed by atoms with E-state index in [4.69, 9.17) is 18.9 Å². The lowest BCUT2D eigenvalue weighted by atomic mass is 10.0. The average molecular weight is 707 g/mol. The summed E-state index contributed by atoms with van der Waals surface area (Å²) in [5.41, 5.74) is 8.05. The summed E-state index contributed by atoms with van der Waals surface area (Å²) in [7, 11) is 3.37. The maximum absolute atomic E-state index is 6.19. The van der Waals surface area contributed by atoms with Crippen molar-refractivity contribution < 1.29 is 18.9 Å². The van der Waals surface area contributed by atoms with Gasteiger partial charge >= 0.3 is 0 Å². The molecule has 0 aliphatic rings. The molecule has 4 aromatic carbocycles. The van der Waals surface area contributed by atoms with Gasteiger partial charge in [-0.3, -0.25) is 0 Å². The molecule has 0 fully saturated rings. The first-order chi connectivity index (χ1) is 24.9. The number of anilines is 4. The van der Waals surface area contributed by atoms with Crippen LogP contribution in [0.3, 0.4) is 0 Å². The molecule has 4 N–H and O–H groups in total. The zero-order valence-corrected chi connectivity index (χ0v) is 31.2. The normalized spacial score (nSPS) is 10.8. The zero-order valence-electron chi connectivity index (χ0n) is 31.2. The molecule has 6 rings (SSSR count). The molecule has 2 aromatic heterocycles. The van der Waals surface area contributed by atoms with Crippen molar-refractivity contribution in [2.75, 3.05) is 24.9 Å². The molecular formula is C38H46N10O4. The Kier molecular flexibility index (Phi) is 11.9. The van der Waals surface area contributed by atoms with Crippen LogP contribution in [0.25, 0.3) is 0 Å². The maximum Gasteiger partial charge on any atom is 0.267 e. The van der Waals surface area contributed by atoms with E-state index in [1.54, 1.807) is 14.2 Å². The number of aromatic amines is 2. The van der Waals surface area contributed by atoms with Crippen molar-refractivity contribution in [3.05, 3.63) is 94.0 Å². The number of methoxy groups -OCH3 is 2. The van der Waals surface area contributed by atoms with Gasteiger partial charge in [0.2, 0.25) is 0 Å². The van der Waals surface area contributed by atoms with Crippen LogP contribution < -0.4 is 29.6 Å². The molecule has 0 saturated carbocycles. The summed E-state index contributed by atoms with van der Waals surface area (Å²) in [5.74, 6) is 6.55. The van der Waals surface area contributed by atoms with Crippen LogP contribution in [0.15, 0.2) is 60.7 Å². The minimum absolute atomic E-state index is 0.345. The van der Waals surface area contributed by atoms with Gasteiger partial charge in [-0.2, -0.15) is 10.4 Å². The molecule has 0 bridgehead atoms. The highest BCUT2D eigenvalue weighted by molar-refractivity contribution is 5.61. The summed E-state index contributed by atoms with van der Waals surface area (Å²) in [6.45, 7) is 16.6. The quantitative estimate of drug-likeness (QED) is 0.0954. The number of aryl methyl sites for hydroxylation is 4. The smallest absolute Gasteiger partial charge is 0.267 e. The first kappa shape index (κ1) is 37.1. The molecule has 2 heterocycles. The molecule has 0 spiro atoms. The molecule has 0 saturated heterocycles. The Hall–Kier alpha value is -6.18. The zero-order chi connectivity index (χ0) is 37.4. The molecule has 14 heteroatoms. The molecule has 0 amide bonds. The van der Waals surface area contributed by atoms with E-state index in [1.165, 1.54) is 0 Å². The van der Waals surface area contributed by atoms with Crippen LogP contribution in [0.4, 0.5) is 23.3 Å². The summed E-state index contributed by atoms with van der Waals surface area (Å²) < 4.78 is 23.3. The molecule has 0 atom stereocenters. The second-order valence-corrected chi connectivity index (χ2v) is 12.9. The molecule has 0 unspecified atom stereocenters. The Morgan fingerprint density at radius 3 is 1.19 bits per heavy atom. The van der Waals surface area contributed by atoms with Gasteiger partial charge in [0, 0.05) is 22.5 Å². The molecule has 0 aliphatic heterocycles. The number of tetrazole rings is 2. The number of nitrogens with zero attached hydrogens (tertiary/aromatic N) is 6. The number of benzene rings is 4. The van der Waals surface area contributed by atoms with E-state index in [-0.39, 0.29) is 0 Å². The first-order valence-corrected chi connectivity index (χ1v) is 16.9. The predicted octanol–water partition coefficient (Wildman–Crippen LogP) is 8.97. The highest BCUT2D eigenvalue weighted by Crippen LogP contribution is 2.37. The molecule has 0 aliphatic carbocycles. The maximum atomic E-state index is 6.19. The van der Waals surface area contributed by atoms with E-state index < -0.39 is 0 Å². The molecule has 52 heavy (non-hydrogen) atoms. The average Bonchev–Trinajstić information content (AvgIpc) is 3.83. The van der Waals surface area contributed by atoms with Crippen molar-refractivity contribution in [3.8, 4) is 34.5 Å². The summed E-state index contributed by atoms with van der Waals surface area (Å²) >= 11 is 0. The SMILES string of the molecule is COc1ccc(Oc2c(C)cc(Nc3nn[nH]n3)cc2C)cc1C(C)C.COc1ccc(Oc2c(C)cc(Nc3nn[nH]n3)cc2C)cc1C(C)C. The van der Waals surface area contributed by atoms with Gasteiger partial charge in [-0.1, -0.05) is 37.9 Å². The van der Waals surface area contributed by atoms with Crippen molar-refractivity contribution in [3.63, 3.8) is 0 Å². The van der Waals surface area contributed by atoms with Crippen molar-refractivity contribution in [2.45, 2.75) is 67.2 Å². The van der Waals surface area contributed by atoms with Crippen molar-refractivity contribution in [2.24, 2.45) is 0 Å². The topological polar surface area (TPSA) is 170 Å². The van der Waals surface area contributed by atoms with Gasteiger partial charge in [0.05, 0.1) is 14.2 Å².